The molecule has 2 N–H and O–H groups in total. The SMILES string of the molecule is CN=C(NCCC(=O)OC(C)C)NCCc1ccccc1.I. The van der Waals surface area contributed by atoms with Crippen molar-refractivity contribution >= 4 is 35.9 Å². The van der Waals surface area contributed by atoms with E-state index in [4.69, 9.17) is 4.74 Å². The summed E-state index contributed by atoms with van der Waals surface area (Å²) in [6, 6.07) is 10.3. The fraction of sp³-hybridized carbons (Fsp3) is 0.500. The highest BCUT2D eigenvalue weighted by Gasteiger charge is 2.05. The summed E-state index contributed by atoms with van der Waals surface area (Å²) in [6.07, 6.45) is 1.19. The Hall–Kier alpha value is -1.31. The van der Waals surface area contributed by atoms with Crippen molar-refractivity contribution in [3.05, 3.63) is 35.9 Å². The zero-order valence-corrected chi connectivity index (χ0v) is 15.8. The maximum Gasteiger partial charge on any atom is 0.307 e. The van der Waals surface area contributed by atoms with Gasteiger partial charge in [-0.2, -0.15) is 0 Å². The quantitative estimate of drug-likeness (QED) is 0.308. The zero-order chi connectivity index (χ0) is 15.5. The van der Waals surface area contributed by atoms with Crippen molar-refractivity contribution in [2.75, 3.05) is 20.1 Å². The van der Waals surface area contributed by atoms with Gasteiger partial charge in [-0.15, -0.1) is 24.0 Å². The highest BCUT2D eigenvalue weighted by molar-refractivity contribution is 14.0. The van der Waals surface area contributed by atoms with Crippen molar-refractivity contribution in [3.8, 4) is 0 Å². The molecule has 0 radical (unpaired) electrons. The number of nitrogens with zero attached hydrogens (tertiary/aromatic N) is 1. The number of rotatable bonds is 7. The third kappa shape index (κ3) is 9.59. The van der Waals surface area contributed by atoms with Crippen LogP contribution >= 0.6 is 24.0 Å². The molecule has 0 aromatic heterocycles. The fourth-order valence-electron chi connectivity index (χ4n) is 1.80. The minimum absolute atomic E-state index is 0. The van der Waals surface area contributed by atoms with Gasteiger partial charge < -0.3 is 15.4 Å². The molecular formula is C16H26IN3O2. The Morgan fingerprint density at radius 1 is 1.18 bits per heavy atom. The highest BCUT2D eigenvalue weighted by atomic mass is 127. The number of nitrogens with one attached hydrogen (secondary N) is 2. The Balaban J connectivity index is 0.00000441. The minimum Gasteiger partial charge on any atom is -0.463 e. The van der Waals surface area contributed by atoms with Crippen molar-refractivity contribution in [2.45, 2.75) is 32.8 Å². The maximum absolute atomic E-state index is 11.4. The average molecular weight is 419 g/mol. The molecule has 0 aliphatic rings. The van der Waals surface area contributed by atoms with Crippen LogP contribution < -0.4 is 10.6 Å². The summed E-state index contributed by atoms with van der Waals surface area (Å²) in [7, 11) is 1.71. The van der Waals surface area contributed by atoms with Gasteiger partial charge in [0.1, 0.15) is 0 Å². The maximum atomic E-state index is 11.4. The van der Waals surface area contributed by atoms with Gasteiger partial charge in [-0.25, -0.2) is 0 Å². The number of halogens is 1. The van der Waals surface area contributed by atoms with Crippen LogP contribution in [0.4, 0.5) is 0 Å². The molecule has 0 heterocycles. The average Bonchev–Trinajstić information content (AvgIpc) is 2.46. The van der Waals surface area contributed by atoms with Crippen LogP contribution in [0.5, 0.6) is 0 Å². The molecule has 0 bridgehead atoms. The monoisotopic (exact) mass is 419 g/mol. The van der Waals surface area contributed by atoms with Gasteiger partial charge in [-0.3, -0.25) is 9.79 Å². The van der Waals surface area contributed by atoms with E-state index in [1.54, 1.807) is 7.05 Å². The van der Waals surface area contributed by atoms with Crippen molar-refractivity contribution < 1.29 is 9.53 Å². The predicted molar refractivity (Wildman–Crippen MR) is 101 cm³/mol. The number of carbonyl (C=O) groups excluding carboxylic acids is 1. The molecule has 0 saturated heterocycles. The largest absolute Gasteiger partial charge is 0.463 e. The van der Waals surface area contributed by atoms with Crippen LogP contribution in [-0.4, -0.2) is 38.2 Å². The Morgan fingerprint density at radius 3 is 2.41 bits per heavy atom. The van der Waals surface area contributed by atoms with Crippen LogP contribution in [0.1, 0.15) is 25.8 Å². The summed E-state index contributed by atoms with van der Waals surface area (Å²) >= 11 is 0. The van der Waals surface area contributed by atoms with E-state index < -0.39 is 0 Å². The van der Waals surface area contributed by atoms with Gasteiger partial charge in [0, 0.05) is 20.1 Å². The van der Waals surface area contributed by atoms with E-state index in [1.165, 1.54) is 5.56 Å². The topological polar surface area (TPSA) is 62.7 Å². The predicted octanol–water partition coefficient (Wildman–Crippen LogP) is 2.35. The van der Waals surface area contributed by atoms with E-state index in [0.717, 1.165) is 13.0 Å². The normalized spacial score (nSPS) is 10.8. The lowest BCUT2D eigenvalue weighted by Crippen LogP contribution is -2.39. The first-order valence-electron chi connectivity index (χ1n) is 7.29. The van der Waals surface area contributed by atoms with Crippen LogP contribution in [0.15, 0.2) is 35.3 Å². The second-order valence-electron chi connectivity index (χ2n) is 4.95. The Kier molecular flexibility index (Phi) is 11.5. The first-order valence-corrected chi connectivity index (χ1v) is 7.29. The molecule has 1 rings (SSSR count). The molecule has 0 spiro atoms. The fourth-order valence-corrected chi connectivity index (χ4v) is 1.80. The molecule has 0 amide bonds. The van der Waals surface area contributed by atoms with Crippen molar-refractivity contribution in [1.29, 1.82) is 0 Å². The summed E-state index contributed by atoms with van der Waals surface area (Å²) in [5.74, 6) is 0.500. The number of ether oxygens (including phenoxy) is 1. The molecule has 6 heteroatoms. The highest BCUT2D eigenvalue weighted by Crippen LogP contribution is 1.98. The molecule has 0 saturated carbocycles. The number of aliphatic imine (C=N–C) groups is 1. The van der Waals surface area contributed by atoms with Gasteiger partial charge >= 0.3 is 5.97 Å². The smallest absolute Gasteiger partial charge is 0.307 e. The van der Waals surface area contributed by atoms with E-state index in [0.29, 0.717) is 18.9 Å². The van der Waals surface area contributed by atoms with Crippen molar-refractivity contribution in [1.82, 2.24) is 10.6 Å². The lowest BCUT2D eigenvalue weighted by molar-refractivity contribution is -0.147. The Labute approximate surface area is 149 Å². The van der Waals surface area contributed by atoms with E-state index >= 15 is 0 Å². The molecule has 22 heavy (non-hydrogen) atoms. The van der Waals surface area contributed by atoms with Crippen LogP contribution in [0.3, 0.4) is 0 Å². The van der Waals surface area contributed by atoms with E-state index in [9.17, 15) is 4.79 Å². The second kappa shape index (κ2) is 12.3. The van der Waals surface area contributed by atoms with Gasteiger partial charge in [-0.05, 0) is 25.8 Å². The molecular weight excluding hydrogens is 393 g/mol. The summed E-state index contributed by atoms with van der Waals surface area (Å²) in [4.78, 5) is 15.5. The number of guanidine groups is 1. The molecule has 124 valence electrons. The van der Waals surface area contributed by atoms with Crippen molar-refractivity contribution in [2.24, 2.45) is 4.99 Å². The zero-order valence-electron chi connectivity index (χ0n) is 13.5. The number of hydrogen-bond donors (Lipinski definition) is 2. The van der Waals surface area contributed by atoms with Gasteiger partial charge in [0.15, 0.2) is 5.96 Å². The Morgan fingerprint density at radius 2 is 1.82 bits per heavy atom. The number of carbonyl (C=O) groups is 1. The summed E-state index contributed by atoms with van der Waals surface area (Å²) in [6.45, 7) is 4.99. The van der Waals surface area contributed by atoms with Crippen LogP contribution in [0.25, 0.3) is 0 Å². The summed E-state index contributed by atoms with van der Waals surface area (Å²) in [5.41, 5.74) is 1.28. The van der Waals surface area contributed by atoms with Crippen molar-refractivity contribution in [3.63, 3.8) is 0 Å². The minimum atomic E-state index is -0.197. The van der Waals surface area contributed by atoms with Crippen LogP contribution in [0.2, 0.25) is 0 Å². The third-order valence-electron chi connectivity index (χ3n) is 2.76. The number of benzene rings is 1. The van der Waals surface area contributed by atoms with E-state index in [2.05, 4.69) is 27.8 Å². The second-order valence-corrected chi connectivity index (χ2v) is 4.95. The standard InChI is InChI=1S/C16H25N3O2.HI/c1-13(2)21-15(20)10-12-19-16(17-3)18-11-9-14-7-5-4-6-8-14;/h4-8,13H,9-12H2,1-3H3,(H2,17,18,19);1H. The number of hydrogen-bond acceptors (Lipinski definition) is 3. The third-order valence-corrected chi connectivity index (χ3v) is 2.76. The first kappa shape index (κ1) is 20.7. The van der Waals surface area contributed by atoms with Crippen LogP contribution in [-0.2, 0) is 16.0 Å². The van der Waals surface area contributed by atoms with E-state index in [-0.39, 0.29) is 36.0 Å². The molecule has 1 aromatic carbocycles. The lowest BCUT2D eigenvalue weighted by Gasteiger charge is -2.12. The molecule has 1 aromatic rings. The van der Waals surface area contributed by atoms with Gasteiger partial charge in [0.2, 0.25) is 0 Å². The lowest BCUT2D eigenvalue weighted by atomic mass is 10.1. The van der Waals surface area contributed by atoms with Gasteiger partial charge in [0.25, 0.3) is 0 Å². The molecule has 0 fully saturated rings. The molecule has 5 nitrogen and oxygen atoms in total. The number of esters is 1. The molecule has 0 aliphatic heterocycles. The first-order chi connectivity index (χ1) is 10.1. The van der Waals surface area contributed by atoms with Gasteiger partial charge in [0.05, 0.1) is 12.5 Å². The van der Waals surface area contributed by atoms with Gasteiger partial charge in [-0.1, -0.05) is 30.3 Å². The Bertz CT molecular complexity index is 450. The molecule has 0 atom stereocenters. The van der Waals surface area contributed by atoms with E-state index in [1.807, 2.05) is 32.0 Å². The molecule has 0 aliphatic carbocycles. The van der Waals surface area contributed by atoms with Crippen LogP contribution in [0, 0.1) is 0 Å². The summed E-state index contributed by atoms with van der Waals surface area (Å²) in [5, 5.41) is 6.32. The summed E-state index contributed by atoms with van der Waals surface area (Å²) < 4.78 is 5.07. The molecule has 0 unspecified atom stereocenters.